The zero-order valence-electron chi connectivity index (χ0n) is 15.0. The van der Waals surface area contributed by atoms with Gasteiger partial charge in [0.15, 0.2) is 0 Å². The van der Waals surface area contributed by atoms with Crippen LogP contribution in [0.25, 0.3) is 0 Å². The second-order valence-corrected chi connectivity index (χ2v) is 5.75. The highest BCUT2D eigenvalue weighted by Gasteiger charge is 2.13. The molecular formula is C20H18N4O4. The molecule has 142 valence electrons. The van der Waals surface area contributed by atoms with Crippen LogP contribution in [-0.2, 0) is 6.61 Å². The minimum atomic E-state index is -0.398. The summed E-state index contributed by atoms with van der Waals surface area (Å²) in [6.45, 7) is -0.102. The van der Waals surface area contributed by atoms with Gasteiger partial charge in [0.1, 0.15) is 5.82 Å². The van der Waals surface area contributed by atoms with Crippen molar-refractivity contribution in [3.05, 3.63) is 77.4 Å². The van der Waals surface area contributed by atoms with Gasteiger partial charge < -0.3 is 15.2 Å². The average molecular weight is 378 g/mol. The minimum absolute atomic E-state index is 0.000804. The van der Waals surface area contributed by atoms with Crippen molar-refractivity contribution in [1.82, 2.24) is 9.97 Å². The number of carbonyl (C=O) groups is 2. The summed E-state index contributed by atoms with van der Waals surface area (Å²) in [4.78, 5) is 32.9. The molecule has 0 saturated heterocycles. The largest absolute Gasteiger partial charge is 0.481 e. The monoisotopic (exact) mass is 378 g/mol. The van der Waals surface area contributed by atoms with Crippen LogP contribution in [-0.4, -0.2) is 34.0 Å². The van der Waals surface area contributed by atoms with Crippen molar-refractivity contribution < 1.29 is 19.4 Å². The molecule has 0 atom stereocenters. The Morgan fingerprint density at radius 1 is 0.929 bits per heavy atom. The lowest BCUT2D eigenvalue weighted by Gasteiger charge is -2.10. The van der Waals surface area contributed by atoms with E-state index in [0.717, 1.165) is 0 Å². The lowest BCUT2D eigenvalue weighted by atomic mass is 10.1. The van der Waals surface area contributed by atoms with E-state index >= 15 is 0 Å². The molecule has 1 heterocycles. The summed E-state index contributed by atoms with van der Waals surface area (Å²) >= 11 is 0. The number of aliphatic hydroxyl groups is 1. The summed E-state index contributed by atoms with van der Waals surface area (Å²) in [6, 6.07) is 16.6. The van der Waals surface area contributed by atoms with E-state index < -0.39 is 5.91 Å². The Morgan fingerprint density at radius 2 is 1.57 bits per heavy atom. The van der Waals surface area contributed by atoms with E-state index in [1.54, 1.807) is 54.6 Å². The first kappa shape index (κ1) is 19.0. The van der Waals surface area contributed by atoms with Crippen LogP contribution in [0, 0.1) is 0 Å². The number of ether oxygens (including phenoxy) is 1. The Kier molecular flexibility index (Phi) is 5.93. The van der Waals surface area contributed by atoms with E-state index in [-0.39, 0.29) is 30.2 Å². The second-order valence-electron chi connectivity index (χ2n) is 5.75. The first-order valence-corrected chi connectivity index (χ1v) is 8.39. The number of benzene rings is 2. The number of nitrogens with zero attached hydrogens (tertiary/aromatic N) is 2. The Hall–Kier alpha value is -3.78. The maximum Gasteiger partial charge on any atom is 0.258 e. The summed E-state index contributed by atoms with van der Waals surface area (Å²) < 4.78 is 5.12. The van der Waals surface area contributed by atoms with Gasteiger partial charge in [-0.1, -0.05) is 30.3 Å². The van der Waals surface area contributed by atoms with Crippen molar-refractivity contribution in [2.24, 2.45) is 0 Å². The molecule has 0 aliphatic rings. The van der Waals surface area contributed by atoms with Crippen molar-refractivity contribution in [3.63, 3.8) is 0 Å². The normalized spacial score (nSPS) is 10.2. The van der Waals surface area contributed by atoms with Gasteiger partial charge in [0.25, 0.3) is 11.8 Å². The molecule has 2 amide bonds. The second kappa shape index (κ2) is 8.74. The van der Waals surface area contributed by atoms with Crippen LogP contribution in [0.5, 0.6) is 5.88 Å². The van der Waals surface area contributed by atoms with Crippen molar-refractivity contribution in [2.45, 2.75) is 6.61 Å². The van der Waals surface area contributed by atoms with Crippen LogP contribution in [0.4, 0.5) is 11.8 Å². The molecule has 0 bridgehead atoms. The van der Waals surface area contributed by atoms with Crippen LogP contribution in [0.1, 0.15) is 26.3 Å². The van der Waals surface area contributed by atoms with E-state index in [9.17, 15) is 9.59 Å². The van der Waals surface area contributed by atoms with Crippen LogP contribution in [0.3, 0.4) is 0 Å². The maximum absolute atomic E-state index is 12.4. The van der Waals surface area contributed by atoms with Gasteiger partial charge in [-0.25, -0.2) is 0 Å². The van der Waals surface area contributed by atoms with Gasteiger partial charge in [0.2, 0.25) is 11.8 Å². The molecule has 3 rings (SSSR count). The molecule has 0 radical (unpaired) electrons. The van der Waals surface area contributed by atoms with Crippen molar-refractivity contribution in [2.75, 3.05) is 17.7 Å². The third-order valence-electron chi connectivity index (χ3n) is 3.81. The maximum atomic E-state index is 12.4. The number of aliphatic hydroxyl groups excluding tert-OH is 1. The molecular weight excluding hydrogens is 360 g/mol. The van der Waals surface area contributed by atoms with E-state index in [4.69, 9.17) is 9.84 Å². The minimum Gasteiger partial charge on any atom is -0.481 e. The van der Waals surface area contributed by atoms with E-state index in [1.165, 1.54) is 13.2 Å². The number of hydrogen-bond donors (Lipinski definition) is 3. The van der Waals surface area contributed by atoms with E-state index in [1.807, 2.05) is 0 Å². The third kappa shape index (κ3) is 4.68. The summed E-state index contributed by atoms with van der Waals surface area (Å²) in [6.07, 6.45) is 0. The standard InChI is InChI=1S/C20H18N4O4/c1-28-17-11-16(21-18(26)15-9-7-13(12-25)8-10-15)22-20(23-17)24-19(27)14-5-3-2-4-6-14/h2-11,25H,12H2,1H3,(H2,21,22,23,24,26,27). The van der Waals surface area contributed by atoms with Crippen LogP contribution < -0.4 is 15.4 Å². The molecule has 2 aromatic carbocycles. The molecule has 8 nitrogen and oxygen atoms in total. The fraction of sp³-hybridized carbons (Fsp3) is 0.100. The van der Waals surface area contributed by atoms with E-state index in [0.29, 0.717) is 16.7 Å². The number of amides is 2. The van der Waals surface area contributed by atoms with Gasteiger partial charge in [-0.2, -0.15) is 9.97 Å². The molecule has 0 fully saturated rings. The summed E-state index contributed by atoms with van der Waals surface area (Å²) in [5.41, 5.74) is 1.54. The molecule has 0 spiro atoms. The highest BCUT2D eigenvalue weighted by atomic mass is 16.5. The van der Waals surface area contributed by atoms with Crippen LogP contribution >= 0.6 is 0 Å². The molecule has 0 unspecified atom stereocenters. The van der Waals surface area contributed by atoms with Gasteiger partial charge >= 0.3 is 0 Å². The van der Waals surface area contributed by atoms with E-state index in [2.05, 4.69) is 20.6 Å². The SMILES string of the molecule is COc1cc(NC(=O)c2ccc(CO)cc2)nc(NC(=O)c2ccccc2)n1. The number of rotatable bonds is 6. The fourth-order valence-electron chi connectivity index (χ4n) is 2.36. The Labute approximate surface area is 161 Å². The highest BCUT2D eigenvalue weighted by Crippen LogP contribution is 2.17. The molecule has 8 heteroatoms. The lowest BCUT2D eigenvalue weighted by Crippen LogP contribution is -2.17. The van der Waals surface area contributed by atoms with Gasteiger partial charge in [0.05, 0.1) is 13.7 Å². The molecule has 0 saturated carbocycles. The first-order valence-electron chi connectivity index (χ1n) is 8.39. The van der Waals surface area contributed by atoms with Gasteiger partial charge in [-0.3, -0.25) is 14.9 Å². The van der Waals surface area contributed by atoms with Crippen molar-refractivity contribution >= 4 is 23.6 Å². The average Bonchev–Trinajstić information content (AvgIpc) is 2.74. The molecule has 0 aliphatic heterocycles. The summed E-state index contributed by atoms with van der Waals surface area (Å²) in [7, 11) is 1.42. The molecule has 1 aromatic heterocycles. The number of anilines is 2. The number of hydrogen-bond acceptors (Lipinski definition) is 6. The topological polar surface area (TPSA) is 113 Å². The molecule has 0 aliphatic carbocycles. The van der Waals surface area contributed by atoms with Crippen LogP contribution in [0.15, 0.2) is 60.7 Å². The van der Waals surface area contributed by atoms with Crippen LogP contribution in [0.2, 0.25) is 0 Å². The smallest absolute Gasteiger partial charge is 0.258 e. The van der Waals surface area contributed by atoms with Crippen molar-refractivity contribution in [3.8, 4) is 5.88 Å². The highest BCUT2D eigenvalue weighted by molar-refractivity contribution is 6.05. The third-order valence-corrected chi connectivity index (χ3v) is 3.81. The lowest BCUT2D eigenvalue weighted by molar-refractivity contribution is 0.101. The summed E-state index contributed by atoms with van der Waals surface area (Å²) in [5, 5.41) is 14.3. The molecule has 28 heavy (non-hydrogen) atoms. The van der Waals surface area contributed by atoms with Crippen molar-refractivity contribution in [1.29, 1.82) is 0 Å². The van der Waals surface area contributed by atoms with Gasteiger partial charge in [-0.15, -0.1) is 0 Å². The quantitative estimate of drug-likeness (QED) is 0.607. The van der Waals surface area contributed by atoms with Gasteiger partial charge in [-0.05, 0) is 29.8 Å². The fourth-order valence-corrected chi connectivity index (χ4v) is 2.36. The van der Waals surface area contributed by atoms with Gasteiger partial charge in [0, 0.05) is 17.2 Å². The molecule has 3 aromatic rings. The number of aromatic nitrogens is 2. The Bertz CT molecular complexity index is 975. The predicted octanol–water partition coefficient (Wildman–Crippen LogP) is 2.48. The molecule has 3 N–H and O–H groups in total. The number of nitrogens with one attached hydrogen (secondary N) is 2. The number of carbonyl (C=O) groups excluding carboxylic acids is 2. The number of methoxy groups -OCH3 is 1. The Morgan fingerprint density at radius 3 is 2.21 bits per heavy atom. The predicted molar refractivity (Wildman–Crippen MR) is 103 cm³/mol. The zero-order chi connectivity index (χ0) is 19.9. The first-order chi connectivity index (χ1) is 13.6. The Balaban J connectivity index is 1.78. The zero-order valence-corrected chi connectivity index (χ0v) is 15.0. The summed E-state index contributed by atoms with van der Waals surface area (Å²) in [5.74, 6) is -0.425.